The van der Waals surface area contributed by atoms with E-state index in [-0.39, 0.29) is 30.1 Å². The zero-order chi connectivity index (χ0) is 41.3. The normalized spacial score (nSPS) is 12.9. The summed E-state index contributed by atoms with van der Waals surface area (Å²) in [7, 11) is 0. The largest absolute Gasteiger partial charge is 0.480 e. The molecule has 0 bridgehead atoms. The molecule has 0 spiro atoms. The number of carbonyl (C=O) groups excluding carboxylic acids is 3. The fourth-order valence-electron chi connectivity index (χ4n) is 6.77. The van der Waals surface area contributed by atoms with Gasteiger partial charge in [0.25, 0.3) is 0 Å². The fourth-order valence-corrected chi connectivity index (χ4v) is 7.74. The molecule has 0 aromatic heterocycles. The first kappa shape index (κ1) is 54.2. The van der Waals surface area contributed by atoms with Gasteiger partial charge in [-0.1, -0.05) is 194 Å². The van der Waals surface area contributed by atoms with E-state index in [1.54, 1.807) is 0 Å². The number of aliphatic carboxylic acids is 1. The SMILES string of the molecule is CCCCCCCCCCCCCCCCCC(=O)OC[C@H](CSC[C@H](N)C(=O)N[C@@H](CO)C(=O)O)OC(=O)CCCCCCCCCCCCCCCCC. The van der Waals surface area contributed by atoms with Crippen LogP contribution >= 0.6 is 11.8 Å². The molecule has 0 aliphatic heterocycles. The van der Waals surface area contributed by atoms with Gasteiger partial charge in [0, 0.05) is 24.3 Å². The summed E-state index contributed by atoms with van der Waals surface area (Å²) in [6.07, 6.45) is 37.4. The van der Waals surface area contributed by atoms with Crippen LogP contribution < -0.4 is 11.1 Å². The third-order valence-electron chi connectivity index (χ3n) is 10.4. The lowest BCUT2D eigenvalue weighted by Crippen LogP contribution is -2.50. The number of esters is 2. The Hall–Kier alpha value is -1.85. The van der Waals surface area contributed by atoms with Crippen molar-refractivity contribution in [3.05, 3.63) is 0 Å². The predicted octanol–water partition coefficient (Wildman–Crippen LogP) is 10.6. The van der Waals surface area contributed by atoms with Crippen LogP contribution in [0.4, 0.5) is 0 Å². The minimum absolute atomic E-state index is 0.0673. The summed E-state index contributed by atoms with van der Waals surface area (Å²) in [5.74, 6) is -2.31. The van der Waals surface area contributed by atoms with Crippen molar-refractivity contribution in [1.82, 2.24) is 5.32 Å². The highest BCUT2D eigenvalue weighted by molar-refractivity contribution is 7.99. The van der Waals surface area contributed by atoms with Crippen LogP contribution in [-0.4, -0.2) is 76.9 Å². The zero-order valence-electron chi connectivity index (χ0n) is 36.0. The molecule has 0 heterocycles. The Morgan fingerprint density at radius 1 is 0.554 bits per heavy atom. The summed E-state index contributed by atoms with van der Waals surface area (Å²) in [4.78, 5) is 48.7. The van der Waals surface area contributed by atoms with E-state index >= 15 is 0 Å². The van der Waals surface area contributed by atoms with Crippen molar-refractivity contribution in [2.45, 2.75) is 238 Å². The number of nitrogens with two attached hydrogens (primary N) is 1. The number of thioether (sulfide) groups is 1. The summed E-state index contributed by atoms with van der Waals surface area (Å²) in [5.41, 5.74) is 5.95. The Balaban J connectivity index is 4.37. The molecule has 0 saturated heterocycles. The molecule has 0 rings (SSSR count). The number of carboxylic acid groups (broad SMARTS) is 1. The van der Waals surface area contributed by atoms with E-state index in [0.717, 1.165) is 38.5 Å². The average Bonchev–Trinajstić information content (AvgIpc) is 3.18. The molecule has 0 aromatic carbocycles. The average molecular weight is 815 g/mol. The molecule has 0 fully saturated rings. The second-order valence-electron chi connectivity index (χ2n) is 15.9. The predicted molar refractivity (Wildman–Crippen MR) is 232 cm³/mol. The first-order valence-corrected chi connectivity index (χ1v) is 24.2. The number of carboxylic acids is 1. The lowest BCUT2D eigenvalue weighted by molar-refractivity contribution is -0.157. The Bertz CT molecular complexity index is 940. The molecule has 11 heteroatoms. The molecular weight excluding hydrogens is 729 g/mol. The van der Waals surface area contributed by atoms with Gasteiger partial charge in [0.2, 0.25) is 5.91 Å². The maximum Gasteiger partial charge on any atom is 0.328 e. The van der Waals surface area contributed by atoms with E-state index in [4.69, 9.17) is 20.3 Å². The van der Waals surface area contributed by atoms with Crippen molar-refractivity contribution in [2.75, 3.05) is 24.7 Å². The van der Waals surface area contributed by atoms with Gasteiger partial charge in [-0.3, -0.25) is 14.4 Å². The molecule has 0 aliphatic rings. The number of hydrogen-bond acceptors (Lipinski definition) is 9. The summed E-state index contributed by atoms with van der Waals surface area (Å²) >= 11 is 1.26. The van der Waals surface area contributed by atoms with Gasteiger partial charge in [-0.15, -0.1) is 0 Å². The number of nitrogens with one attached hydrogen (secondary N) is 1. The van der Waals surface area contributed by atoms with Gasteiger partial charge < -0.3 is 30.7 Å². The van der Waals surface area contributed by atoms with E-state index in [1.165, 1.54) is 166 Å². The van der Waals surface area contributed by atoms with Crippen molar-refractivity contribution < 1.29 is 38.9 Å². The van der Waals surface area contributed by atoms with Crippen LogP contribution in [0.25, 0.3) is 0 Å². The molecular formula is C45H86N2O8S. The second kappa shape index (κ2) is 41.3. The standard InChI is InChI=1S/C45H86N2O8S/c1-3-5-7-9-11-13-15-17-19-21-23-25-27-29-31-33-42(49)54-36-39(37-56-38-40(46)44(51)47-41(35-48)45(52)53)55-43(50)34-32-30-28-26-24-22-20-18-16-14-12-10-8-6-4-2/h39-41,48H,3-38,46H2,1-2H3,(H,47,51)(H,52,53)/t39-,40+,41+/m1/s1. The summed E-state index contributed by atoms with van der Waals surface area (Å²) in [5, 5.41) is 20.5. The van der Waals surface area contributed by atoms with Gasteiger partial charge in [-0.05, 0) is 12.8 Å². The van der Waals surface area contributed by atoms with Crippen molar-refractivity contribution in [3.63, 3.8) is 0 Å². The first-order valence-electron chi connectivity index (χ1n) is 23.1. The van der Waals surface area contributed by atoms with Gasteiger partial charge in [-0.2, -0.15) is 11.8 Å². The Morgan fingerprint density at radius 3 is 1.27 bits per heavy atom. The number of carbonyl (C=O) groups is 4. The van der Waals surface area contributed by atoms with Crippen LogP contribution in [0, 0.1) is 0 Å². The number of aliphatic hydroxyl groups excluding tert-OH is 1. The zero-order valence-corrected chi connectivity index (χ0v) is 36.8. The van der Waals surface area contributed by atoms with Gasteiger partial charge in [0.15, 0.2) is 0 Å². The van der Waals surface area contributed by atoms with Crippen molar-refractivity contribution in [3.8, 4) is 0 Å². The summed E-state index contributed by atoms with van der Waals surface area (Å²) in [6, 6.07) is -2.46. The summed E-state index contributed by atoms with van der Waals surface area (Å²) in [6.45, 7) is 3.70. The van der Waals surface area contributed by atoms with Gasteiger partial charge in [0.1, 0.15) is 18.8 Å². The van der Waals surface area contributed by atoms with Crippen LogP contribution in [0.5, 0.6) is 0 Å². The fraction of sp³-hybridized carbons (Fsp3) is 0.911. The van der Waals surface area contributed by atoms with Crippen molar-refractivity contribution in [2.24, 2.45) is 5.73 Å². The number of amides is 1. The Kier molecular flexibility index (Phi) is 39.9. The number of unbranched alkanes of at least 4 members (excludes halogenated alkanes) is 28. The van der Waals surface area contributed by atoms with E-state index in [1.807, 2.05) is 0 Å². The molecule has 0 aliphatic carbocycles. The van der Waals surface area contributed by atoms with E-state index < -0.39 is 36.7 Å². The molecule has 3 atom stereocenters. The summed E-state index contributed by atoms with van der Waals surface area (Å²) < 4.78 is 11.2. The minimum atomic E-state index is -1.43. The molecule has 56 heavy (non-hydrogen) atoms. The van der Waals surface area contributed by atoms with E-state index in [0.29, 0.717) is 12.8 Å². The molecule has 5 N–H and O–H groups in total. The van der Waals surface area contributed by atoms with Gasteiger partial charge in [-0.25, -0.2) is 4.79 Å². The molecule has 0 saturated carbocycles. The maximum absolute atomic E-state index is 12.7. The third kappa shape index (κ3) is 36.5. The molecule has 10 nitrogen and oxygen atoms in total. The minimum Gasteiger partial charge on any atom is -0.480 e. The Labute approximate surface area is 346 Å². The van der Waals surface area contributed by atoms with E-state index in [9.17, 15) is 24.3 Å². The van der Waals surface area contributed by atoms with E-state index in [2.05, 4.69) is 19.2 Å². The lowest BCUT2D eigenvalue weighted by atomic mass is 10.0. The van der Waals surface area contributed by atoms with Crippen LogP contribution in [-0.2, 0) is 28.7 Å². The van der Waals surface area contributed by atoms with Crippen molar-refractivity contribution in [1.29, 1.82) is 0 Å². The van der Waals surface area contributed by atoms with Gasteiger partial charge >= 0.3 is 17.9 Å². The molecule has 0 radical (unpaired) electrons. The van der Waals surface area contributed by atoms with Crippen molar-refractivity contribution >= 4 is 35.6 Å². The number of aliphatic hydroxyl groups is 1. The highest BCUT2D eigenvalue weighted by Gasteiger charge is 2.24. The smallest absolute Gasteiger partial charge is 0.328 e. The maximum atomic E-state index is 12.7. The van der Waals surface area contributed by atoms with Crippen LogP contribution in [0.2, 0.25) is 0 Å². The topological polar surface area (TPSA) is 165 Å². The monoisotopic (exact) mass is 815 g/mol. The molecule has 0 unspecified atom stereocenters. The lowest BCUT2D eigenvalue weighted by Gasteiger charge is -2.19. The first-order chi connectivity index (χ1) is 27.2. The van der Waals surface area contributed by atoms with Crippen LogP contribution in [0.1, 0.15) is 219 Å². The number of hydrogen-bond donors (Lipinski definition) is 4. The number of ether oxygens (including phenoxy) is 2. The van der Waals surface area contributed by atoms with Crippen LogP contribution in [0.3, 0.4) is 0 Å². The Morgan fingerprint density at radius 2 is 0.911 bits per heavy atom. The molecule has 0 aromatic rings. The second-order valence-corrected chi connectivity index (χ2v) is 17.0. The third-order valence-corrected chi connectivity index (χ3v) is 11.6. The number of rotatable bonds is 43. The molecule has 330 valence electrons. The van der Waals surface area contributed by atoms with Crippen LogP contribution in [0.15, 0.2) is 0 Å². The highest BCUT2D eigenvalue weighted by atomic mass is 32.2. The quantitative estimate of drug-likeness (QED) is 0.0344. The highest BCUT2D eigenvalue weighted by Crippen LogP contribution is 2.17. The van der Waals surface area contributed by atoms with Gasteiger partial charge in [0.05, 0.1) is 12.6 Å². The molecule has 1 amide bonds.